The van der Waals surface area contributed by atoms with Gasteiger partial charge in [0.05, 0.1) is 0 Å². The van der Waals surface area contributed by atoms with E-state index in [9.17, 15) is 0 Å². The Morgan fingerprint density at radius 1 is 0.304 bits per heavy atom. The zero-order valence-corrected chi connectivity index (χ0v) is 14.3. The molecule has 0 heterocycles. The number of nitrogens with two attached hydrogens (primary N) is 10. The number of halogens is 1. The van der Waals surface area contributed by atoms with E-state index in [1.807, 2.05) is 0 Å². The number of rotatable bonds is 2. The summed E-state index contributed by atoms with van der Waals surface area (Å²) in [6.45, 7) is 0. The quantitative estimate of drug-likeness (QED) is 0.161. The summed E-state index contributed by atoms with van der Waals surface area (Å²) in [6.07, 6.45) is 0. The van der Waals surface area contributed by atoms with Crippen LogP contribution in [0.1, 0.15) is 0 Å². The molecule has 0 unspecified atom stereocenters. The van der Waals surface area contributed by atoms with E-state index in [-0.39, 0.29) is 56.9 Å². The Bertz CT molecular complexity index is 691. The summed E-state index contributed by atoms with van der Waals surface area (Å²) >= 11 is -1.08. The molecule has 20 N–H and O–H groups in total. The summed E-state index contributed by atoms with van der Waals surface area (Å²) in [5, 5.41) is 0. The van der Waals surface area contributed by atoms with E-state index in [1.165, 1.54) is 0 Å². The second kappa shape index (κ2) is 5.42. The van der Waals surface area contributed by atoms with Crippen molar-refractivity contribution >= 4 is 56.9 Å². The fourth-order valence-electron chi connectivity index (χ4n) is 1.93. The number of hydrogen-bond acceptors (Lipinski definition) is 10. The monoisotopic (exact) mass is 431 g/mol. The van der Waals surface area contributed by atoms with Gasteiger partial charge in [-0.2, -0.15) is 0 Å². The average Bonchev–Trinajstić information content (AvgIpc) is 2.54. The second-order valence-corrected chi connectivity index (χ2v) is 7.56. The molecule has 10 nitrogen and oxygen atoms in total. The molecule has 0 radical (unpaired) electrons. The molecule has 0 aromatic heterocycles. The van der Waals surface area contributed by atoms with Gasteiger partial charge in [-0.25, -0.2) is 0 Å². The first-order chi connectivity index (χ1) is 10.6. The second-order valence-electron chi connectivity index (χ2n) is 4.86. The summed E-state index contributed by atoms with van der Waals surface area (Å²) in [4.78, 5) is 0. The van der Waals surface area contributed by atoms with Crippen LogP contribution in [0.4, 0.5) is 56.9 Å². The summed E-state index contributed by atoms with van der Waals surface area (Å²) in [5.41, 5.74) is 61.0. The van der Waals surface area contributed by atoms with Crippen LogP contribution in [0.25, 0.3) is 0 Å². The van der Waals surface area contributed by atoms with E-state index in [0.717, 1.165) is 0 Å². The maximum atomic E-state index is 6.03. The van der Waals surface area contributed by atoms with Crippen molar-refractivity contribution in [2.24, 2.45) is 0 Å². The van der Waals surface area contributed by atoms with Crippen molar-refractivity contribution in [2.75, 3.05) is 57.3 Å². The van der Waals surface area contributed by atoms with Crippen LogP contribution in [0.3, 0.4) is 0 Å². The number of benzene rings is 2. The van der Waals surface area contributed by atoms with Crippen molar-refractivity contribution in [3.8, 4) is 0 Å². The minimum atomic E-state index is -1.08. The van der Waals surface area contributed by atoms with Crippen molar-refractivity contribution in [2.45, 2.75) is 0 Å². The van der Waals surface area contributed by atoms with Gasteiger partial charge in [0.25, 0.3) is 0 Å². The molecule has 126 valence electrons. The third-order valence-electron chi connectivity index (χ3n) is 3.46. The SMILES string of the molecule is Nc1c(N)c(N)c([I-]c2c(N)c(N)c(N)c(N)c2N)c(N)c1N. The standard InChI is InChI=1S/C12H20IN10/c14-3-1(4(15)8(19)11(22)7(3)18)13-2-5(16)9(20)12(23)10(21)6(2)17/h14-23H2/q-1. The van der Waals surface area contributed by atoms with Gasteiger partial charge in [-0.15, -0.1) is 0 Å². The molecule has 2 aromatic carbocycles. The molecule has 0 saturated carbocycles. The van der Waals surface area contributed by atoms with Gasteiger partial charge >= 0.3 is 143 Å². The Labute approximate surface area is 142 Å². The van der Waals surface area contributed by atoms with E-state index in [4.69, 9.17) is 57.3 Å². The molecule has 0 aliphatic rings. The summed E-state index contributed by atoms with van der Waals surface area (Å²) < 4.78 is 1.10. The average molecular weight is 431 g/mol. The fourth-order valence-corrected chi connectivity index (χ4v) is 4.80. The molecular weight excluding hydrogens is 411 g/mol. The van der Waals surface area contributed by atoms with Gasteiger partial charge in [0.1, 0.15) is 0 Å². The molecule has 0 spiro atoms. The minimum absolute atomic E-state index is 0.144. The summed E-state index contributed by atoms with van der Waals surface area (Å²) in [7, 11) is 0. The van der Waals surface area contributed by atoms with Crippen LogP contribution in [0.5, 0.6) is 0 Å². The molecule has 0 aliphatic heterocycles. The molecule has 2 rings (SSSR count). The Kier molecular flexibility index (Phi) is 3.90. The van der Waals surface area contributed by atoms with Gasteiger partial charge in [-0.05, 0) is 0 Å². The first-order valence-electron chi connectivity index (χ1n) is 6.26. The van der Waals surface area contributed by atoms with Gasteiger partial charge in [0.2, 0.25) is 0 Å². The predicted octanol–water partition coefficient (Wildman–Crippen LogP) is -4.36. The van der Waals surface area contributed by atoms with Crippen molar-refractivity contribution < 1.29 is 21.2 Å². The molecule has 0 fully saturated rings. The number of anilines is 10. The van der Waals surface area contributed by atoms with Crippen LogP contribution in [0, 0.1) is 7.14 Å². The molecule has 0 amide bonds. The van der Waals surface area contributed by atoms with Gasteiger partial charge < -0.3 is 0 Å². The Balaban J connectivity index is 2.71. The summed E-state index contributed by atoms with van der Waals surface area (Å²) in [6, 6.07) is 0. The maximum absolute atomic E-state index is 6.03. The molecule has 23 heavy (non-hydrogen) atoms. The molecule has 0 saturated heterocycles. The van der Waals surface area contributed by atoms with Gasteiger partial charge in [-0.1, -0.05) is 0 Å². The Morgan fingerprint density at radius 3 is 0.696 bits per heavy atom. The van der Waals surface area contributed by atoms with Crippen LogP contribution in [0.15, 0.2) is 0 Å². The number of nitrogen functional groups attached to an aromatic ring is 10. The third-order valence-corrected chi connectivity index (χ3v) is 6.86. The topological polar surface area (TPSA) is 260 Å². The van der Waals surface area contributed by atoms with Crippen LogP contribution in [0.2, 0.25) is 0 Å². The van der Waals surface area contributed by atoms with E-state index >= 15 is 0 Å². The van der Waals surface area contributed by atoms with Crippen LogP contribution in [-0.2, 0) is 0 Å². The van der Waals surface area contributed by atoms with E-state index in [2.05, 4.69) is 0 Å². The molecule has 11 heteroatoms. The van der Waals surface area contributed by atoms with E-state index in [1.54, 1.807) is 0 Å². The number of hydrogen-bond donors (Lipinski definition) is 10. The Hall–Kier alpha value is -2.83. The first kappa shape index (κ1) is 16.5. The zero-order chi connectivity index (χ0) is 17.6. The first-order valence-corrected chi connectivity index (χ1v) is 8.42. The van der Waals surface area contributed by atoms with Crippen molar-refractivity contribution in [3.05, 3.63) is 7.14 Å². The Morgan fingerprint density at radius 2 is 0.478 bits per heavy atom. The zero-order valence-electron chi connectivity index (χ0n) is 12.2. The molecule has 0 bridgehead atoms. The normalized spacial score (nSPS) is 11.0. The molecule has 2 aromatic rings. The van der Waals surface area contributed by atoms with Gasteiger partial charge in [0, 0.05) is 0 Å². The van der Waals surface area contributed by atoms with Crippen molar-refractivity contribution in [1.29, 1.82) is 0 Å². The summed E-state index contributed by atoms with van der Waals surface area (Å²) in [5.74, 6) is 0. The van der Waals surface area contributed by atoms with Gasteiger partial charge in [0.15, 0.2) is 0 Å². The predicted molar refractivity (Wildman–Crippen MR) is 94.4 cm³/mol. The van der Waals surface area contributed by atoms with Crippen LogP contribution in [-0.4, -0.2) is 0 Å². The molecule has 0 aliphatic carbocycles. The van der Waals surface area contributed by atoms with Crippen LogP contribution < -0.4 is 78.5 Å². The van der Waals surface area contributed by atoms with E-state index in [0.29, 0.717) is 7.14 Å². The third kappa shape index (κ3) is 2.34. The van der Waals surface area contributed by atoms with E-state index < -0.39 is 21.2 Å². The molecular formula is C12H20IN10-. The van der Waals surface area contributed by atoms with Gasteiger partial charge in [-0.3, -0.25) is 0 Å². The fraction of sp³-hybridized carbons (Fsp3) is 0. The van der Waals surface area contributed by atoms with Crippen LogP contribution >= 0.6 is 0 Å². The van der Waals surface area contributed by atoms with Crippen molar-refractivity contribution in [1.82, 2.24) is 0 Å². The molecule has 0 atom stereocenters. The van der Waals surface area contributed by atoms with Crippen molar-refractivity contribution in [3.63, 3.8) is 0 Å².